The number of rotatable bonds is 4. The number of piperidine rings is 1. The summed E-state index contributed by atoms with van der Waals surface area (Å²) in [6, 6.07) is -0.150. The average Bonchev–Trinajstić information content (AvgIpc) is 2.24. The molecule has 1 N–H and O–H groups in total. The first kappa shape index (κ1) is 14.4. The second-order valence-electron chi connectivity index (χ2n) is 5.03. The second kappa shape index (κ2) is 5.82. The molecule has 0 saturated carbocycles. The van der Waals surface area contributed by atoms with Crippen LogP contribution in [0.5, 0.6) is 0 Å². The molecule has 100 valence electrons. The van der Waals surface area contributed by atoms with Gasteiger partial charge in [0.15, 0.2) is 0 Å². The topological polar surface area (TPSA) is 66.5 Å². The van der Waals surface area contributed by atoms with E-state index in [0.29, 0.717) is 5.92 Å². The molecule has 1 aliphatic heterocycles. The molecule has 1 amide bonds. The Hall–Kier alpha value is -0.620. The molecular weight excluding hydrogens is 240 g/mol. The molecule has 2 unspecified atom stereocenters. The summed E-state index contributed by atoms with van der Waals surface area (Å²) in [7, 11) is -1.35. The highest BCUT2D eigenvalue weighted by atomic mass is 32.2. The van der Waals surface area contributed by atoms with Gasteiger partial charge < -0.3 is 10.2 Å². The van der Waals surface area contributed by atoms with Crippen LogP contribution in [0, 0.1) is 5.92 Å². The van der Waals surface area contributed by atoms with Crippen LogP contribution in [-0.4, -0.2) is 57.4 Å². The smallest absolute Gasteiger partial charge is 0.239 e. The van der Waals surface area contributed by atoms with Gasteiger partial charge in [0.2, 0.25) is 5.91 Å². The fraction of sp³-hybridized carbons (Fsp3) is 0.909. The minimum Gasteiger partial charge on any atom is -0.343 e. The van der Waals surface area contributed by atoms with Crippen molar-refractivity contribution in [3.05, 3.63) is 0 Å². The van der Waals surface area contributed by atoms with E-state index < -0.39 is 9.84 Å². The van der Waals surface area contributed by atoms with Crippen LogP contribution in [0.2, 0.25) is 0 Å². The standard InChI is InChI=1S/C11H22N2O3S/c1-9-4-5-12-10(8-9)11(14)13(2)6-7-17(3,15)16/h9-10,12H,4-8H2,1-3H3. The predicted molar refractivity (Wildman–Crippen MR) is 67.5 cm³/mol. The van der Waals surface area contributed by atoms with E-state index in [1.807, 2.05) is 0 Å². The summed E-state index contributed by atoms with van der Waals surface area (Å²) in [5.74, 6) is 0.575. The van der Waals surface area contributed by atoms with Crippen LogP contribution in [0.4, 0.5) is 0 Å². The van der Waals surface area contributed by atoms with E-state index in [1.165, 1.54) is 11.2 Å². The lowest BCUT2D eigenvalue weighted by Gasteiger charge is -2.30. The number of likely N-dealkylation sites (N-methyl/N-ethyl adjacent to an activating group) is 1. The number of hydrogen-bond donors (Lipinski definition) is 1. The van der Waals surface area contributed by atoms with E-state index in [2.05, 4.69) is 12.2 Å². The van der Waals surface area contributed by atoms with Crippen molar-refractivity contribution < 1.29 is 13.2 Å². The summed E-state index contributed by atoms with van der Waals surface area (Å²) in [4.78, 5) is 13.5. The summed E-state index contributed by atoms with van der Waals surface area (Å²) in [5.41, 5.74) is 0. The van der Waals surface area contributed by atoms with Crippen LogP contribution in [-0.2, 0) is 14.6 Å². The molecule has 1 aliphatic rings. The molecule has 0 aromatic heterocycles. The fourth-order valence-electron chi connectivity index (χ4n) is 1.97. The Morgan fingerprint density at radius 3 is 2.65 bits per heavy atom. The van der Waals surface area contributed by atoms with Gasteiger partial charge in [-0.05, 0) is 25.3 Å². The van der Waals surface area contributed by atoms with Crippen LogP contribution in [0.1, 0.15) is 19.8 Å². The van der Waals surface area contributed by atoms with Crippen molar-refractivity contribution in [3.8, 4) is 0 Å². The van der Waals surface area contributed by atoms with E-state index in [9.17, 15) is 13.2 Å². The molecule has 0 spiro atoms. The van der Waals surface area contributed by atoms with E-state index in [-0.39, 0.29) is 24.2 Å². The monoisotopic (exact) mass is 262 g/mol. The Labute approximate surface area is 103 Å². The zero-order valence-corrected chi connectivity index (χ0v) is 11.6. The fourth-order valence-corrected chi connectivity index (χ4v) is 2.58. The summed E-state index contributed by atoms with van der Waals surface area (Å²) in [5, 5.41) is 3.19. The Balaban J connectivity index is 2.45. The normalized spacial score (nSPS) is 25.6. The Morgan fingerprint density at radius 1 is 1.47 bits per heavy atom. The van der Waals surface area contributed by atoms with E-state index in [0.717, 1.165) is 19.4 Å². The largest absolute Gasteiger partial charge is 0.343 e. The van der Waals surface area contributed by atoms with Crippen LogP contribution in [0.3, 0.4) is 0 Å². The van der Waals surface area contributed by atoms with Gasteiger partial charge in [0, 0.05) is 19.8 Å². The lowest BCUT2D eigenvalue weighted by Crippen LogP contribution is -2.49. The number of sulfone groups is 1. The first-order valence-corrected chi connectivity index (χ1v) is 8.01. The molecule has 17 heavy (non-hydrogen) atoms. The summed E-state index contributed by atoms with van der Waals surface area (Å²) < 4.78 is 22.1. The molecule has 1 rings (SSSR count). The van der Waals surface area contributed by atoms with Crippen molar-refractivity contribution in [2.75, 3.05) is 32.1 Å². The summed E-state index contributed by atoms with van der Waals surface area (Å²) >= 11 is 0. The maximum Gasteiger partial charge on any atom is 0.239 e. The summed E-state index contributed by atoms with van der Waals surface area (Å²) in [6.07, 6.45) is 3.12. The van der Waals surface area contributed by atoms with E-state index >= 15 is 0 Å². The van der Waals surface area contributed by atoms with Crippen molar-refractivity contribution in [1.82, 2.24) is 10.2 Å². The van der Waals surface area contributed by atoms with Crippen LogP contribution >= 0.6 is 0 Å². The van der Waals surface area contributed by atoms with Gasteiger partial charge in [-0.25, -0.2) is 8.42 Å². The third-order valence-corrected chi connectivity index (χ3v) is 4.06. The zero-order chi connectivity index (χ0) is 13.1. The molecule has 0 bridgehead atoms. The van der Waals surface area contributed by atoms with Crippen molar-refractivity contribution in [2.45, 2.75) is 25.8 Å². The number of nitrogens with zero attached hydrogens (tertiary/aromatic N) is 1. The number of carbonyl (C=O) groups excluding carboxylic acids is 1. The number of amides is 1. The van der Waals surface area contributed by atoms with Gasteiger partial charge in [0.05, 0.1) is 11.8 Å². The lowest BCUT2D eigenvalue weighted by atomic mass is 9.94. The van der Waals surface area contributed by atoms with Crippen LogP contribution in [0.15, 0.2) is 0 Å². The molecule has 0 aromatic rings. The van der Waals surface area contributed by atoms with Gasteiger partial charge in [-0.2, -0.15) is 0 Å². The Bertz CT molecular complexity index is 367. The van der Waals surface area contributed by atoms with Crippen molar-refractivity contribution in [3.63, 3.8) is 0 Å². The molecular formula is C11H22N2O3S. The van der Waals surface area contributed by atoms with Crippen molar-refractivity contribution in [2.24, 2.45) is 5.92 Å². The van der Waals surface area contributed by atoms with E-state index in [1.54, 1.807) is 7.05 Å². The maximum atomic E-state index is 12.0. The van der Waals surface area contributed by atoms with E-state index in [4.69, 9.17) is 0 Å². The van der Waals surface area contributed by atoms with Gasteiger partial charge in [0.25, 0.3) is 0 Å². The van der Waals surface area contributed by atoms with Gasteiger partial charge in [0.1, 0.15) is 9.84 Å². The average molecular weight is 262 g/mol. The molecule has 0 aliphatic carbocycles. The molecule has 0 radical (unpaired) electrons. The minimum absolute atomic E-state index is 0.000185. The molecule has 6 heteroatoms. The molecule has 5 nitrogen and oxygen atoms in total. The quantitative estimate of drug-likeness (QED) is 0.767. The Morgan fingerprint density at radius 2 is 2.12 bits per heavy atom. The van der Waals surface area contributed by atoms with Gasteiger partial charge in [-0.3, -0.25) is 4.79 Å². The van der Waals surface area contributed by atoms with Gasteiger partial charge in [-0.15, -0.1) is 0 Å². The highest BCUT2D eigenvalue weighted by Gasteiger charge is 2.26. The molecule has 1 heterocycles. The third kappa shape index (κ3) is 5.04. The second-order valence-corrected chi connectivity index (χ2v) is 7.29. The number of nitrogens with one attached hydrogen (secondary N) is 1. The number of carbonyl (C=O) groups is 1. The van der Waals surface area contributed by atoms with Crippen molar-refractivity contribution in [1.29, 1.82) is 0 Å². The molecule has 0 aromatic carbocycles. The molecule has 2 atom stereocenters. The molecule has 1 saturated heterocycles. The number of hydrogen-bond acceptors (Lipinski definition) is 4. The van der Waals surface area contributed by atoms with Gasteiger partial charge in [-0.1, -0.05) is 6.92 Å². The minimum atomic E-state index is -3.01. The Kier molecular flexibility index (Phi) is 4.94. The van der Waals surface area contributed by atoms with Crippen molar-refractivity contribution >= 4 is 15.7 Å². The van der Waals surface area contributed by atoms with Crippen LogP contribution < -0.4 is 5.32 Å². The van der Waals surface area contributed by atoms with Crippen LogP contribution in [0.25, 0.3) is 0 Å². The first-order valence-electron chi connectivity index (χ1n) is 5.95. The first-order chi connectivity index (χ1) is 7.79. The highest BCUT2D eigenvalue weighted by Crippen LogP contribution is 2.16. The third-order valence-electron chi connectivity index (χ3n) is 3.14. The van der Waals surface area contributed by atoms with Gasteiger partial charge >= 0.3 is 0 Å². The predicted octanol–water partition coefficient (Wildman–Crippen LogP) is -0.122. The zero-order valence-electron chi connectivity index (χ0n) is 10.8. The maximum absolute atomic E-state index is 12.0. The lowest BCUT2D eigenvalue weighted by molar-refractivity contribution is -0.132. The summed E-state index contributed by atoms with van der Waals surface area (Å²) in [6.45, 7) is 3.26. The molecule has 1 fully saturated rings. The SMILES string of the molecule is CC1CCNC(C(=O)N(C)CCS(C)(=O)=O)C1. The highest BCUT2D eigenvalue weighted by molar-refractivity contribution is 7.90.